The van der Waals surface area contributed by atoms with Crippen molar-refractivity contribution in [2.24, 2.45) is 0 Å². The summed E-state index contributed by atoms with van der Waals surface area (Å²) in [6.07, 6.45) is 0.472. The highest BCUT2D eigenvalue weighted by Crippen LogP contribution is 2.06. The number of aliphatic hydroxyl groups is 2. The van der Waals surface area contributed by atoms with Crippen LogP contribution >= 0.6 is 0 Å². The molecule has 3 heteroatoms. The van der Waals surface area contributed by atoms with E-state index in [-0.39, 0.29) is 6.61 Å². The maximum absolute atomic E-state index is 9.12. The van der Waals surface area contributed by atoms with Gasteiger partial charge in [-0.3, -0.25) is 0 Å². The average Bonchev–Trinajstić information content (AvgIpc) is 1.84. The molecule has 0 saturated heterocycles. The Balaban J connectivity index is 3.33. The van der Waals surface area contributed by atoms with Crippen LogP contribution in [-0.4, -0.2) is 36.1 Å². The minimum absolute atomic E-state index is 0.212. The SMILES string of the molecule is COCCC(C)(O)CO. The summed E-state index contributed by atoms with van der Waals surface area (Å²) < 4.78 is 4.71. The van der Waals surface area contributed by atoms with Crippen LogP contribution in [0.5, 0.6) is 0 Å². The molecule has 0 rings (SSSR count). The third-order valence-corrected chi connectivity index (χ3v) is 1.19. The zero-order valence-electron chi connectivity index (χ0n) is 5.92. The Hall–Kier alpha value is -0.120. The van der Waals surface area contributed by atoms with E-state index in [0.717, 1.165) is 0 Å². The molecule has 3 nitrogen and oxygen atoms in total. The monoisotopic (exact) mass is 134 g/mol. The summed E-state index contributed by atoms with van der Waals surface area (Å²) in [5, 5.41) is 17.6. The third-order valence-electron chi connectivity index (χ3n) is 1.19. The second-order valence-electron chi connectivity index (χ2n) is 2.40. The summed E-state index contributed by atoms with van der Waals surface area (Å²) in [4.78, 5) is 0. The van der Waals surface area contributed by atoms with Gasteiger partial charge in [-0.25, -0.2) is 0 Å². The van der Waals surface area contributed by atoms with Crippen molar-refractivity contribution >= 4 is 0 Å². The van der Waals surface area contributed by atoms with E-state index < -0.39 is 5.60 Å². The van der Waals surface area contributed by atoms with Gasteiger partial charge in [0.15, 0.2) is 0 Å². The Kier molecular flexibility index (Phi) is 3.77. The minimum Gasteiger partial charge on any atom is -0.393 e. The van der Waals surface area contributed by atoms with Crippen molar-refractivity contribution in [2.45, 2.75) is 18.9 Å². The molecular formula is C6H14O3. The molecule has 0 aliphatic heterocycles. The van der Waals surface area contributed by atoms with Crippen molar-refractivity contribution in [1.82, 2.24) is 0 Å². The van der Waals surface area contributed by atoms with Gasteiger partial charge in [0, 0.05) is 20.1 Å². The highest BCUT2D eigenvalue weighted by molar-refractivity contribution is 4.69. The van der Waals surface area contributed by atoms with Crippen molar-refractivity contribution in [3.05, 3.63) is 0 Å². The normalized spacial score (nSPS) is 17.3. The van der Waals surface area contributed by atoms with Crippen LogP contribution in [0.2, 0.25) is 0 Å². The number of methoxy groups -OCH3 is 1. The molecule has 0 aromatic heterocycles. The Morgan fingerprint density at radius 1 is 1.56 bits per heavy atom. The molecule has 0 aliphatic rings. The Bertz CT molecular complexity index is 70.7. The van der Waals surface area contributed by atoms with Gasteiger partial charge in [0.2, 0.25) is 0 Å². The van der Waals surface area contributed by atoms with Crippen LogP contribution in [0.15, 0.2) is 0 Å². The molecule has 2 N–H and O–H groups in total. The Morgan fingerprint density at radius 2 is 2.11 bits per heavy atom. The smallest absolute Gasteiger partial charge is 0.0871 e. The van der Waals surface area contributed by atoms with Crippen LogP contribution < -0.4 is 0 Å². The topological polar surface area (TPSA) is 49.7 Å². The van der Waals surface area contributed by atoms with Crippen molar-refractivity contribution in [1.29, 1.82) is 0 Å². The highest BCUT2D eigenvalue weighted by atomic mass is 16.5. The first-order chi connectivity index (χ1) is 4.12. The third kappa shape index (κ3) is 4.39. The van der Waals surface area contributed by atoms with Gasteiger partial charge in [-0.2, -0.15) is 0 Å². The molecule has 0 aromatic rings. The molecule has 0 saturated carbocycles. The molecule has 1 unspecified atom stereocenters. The van der Waals surface area contributed by atoms with Gasteiger partial charge in [-0.05, 0) is 6.92 Å². The molecule has 0 bridgehead atoms. The number of ether oxygens (including phenoxy) is 1. The number of hydrogen-bond donors (Lipinski definition) is 2. The highest BCUT2D eigenvalue weighted by Gasteiger charge is 2.17. The lowest BCUT2D eigenvalue weighted by Gasteiger charge is -2.18. The number of rotatable bonds is 4. The molecule has 1 atom stereocenters. The predicted octanol–water partition coefficient (Wildman–Crippen LogP) is -0.234. The van der Waals surface area contributed by atoms with Crippen LogP contribution in [0.4, 0.5) is 0 Å². The van der Waals surface area contributed by atoms with E-state index in [4.69, 9.17) is 14.9 Å². The van der Waals surface area contributed by atoms with Gasteiger partial charge in [-0.15, -0.1) is 0 Å². The quantitative estimate of drug-likeness (QED) is 0.558. The molecule has 0 amide bonds. The fourth-order valence-electron chi connectivity index (χ4n) is 0.401. The first-order valence-corrected chi connectivity index (χ1v) is 2.94. The lowest BCUT2D eigenvalue weighted by molar-refractivity contribution is -0.0211. The molecule has 0 radical (unpaired) electrons. The van der Waals surface area contributed by atoms with Crippen molar-refractivity contribution < 1.29 is 14.9 Å². The van der Waals surface area contributed by atoms with Crippen LogP contribution in [0.1, 0.15) is 13.3 Å². The van der Waals surface area contributed by atoms with Gasteiger partial charge in [0.05, 0.1) is 12.2 Å². The maximum atomic E-state index is 9.12. The molecule has 9 heavy (non-hydrogen) atoms. The second kappa shape index (κ2) is 3.82. The summed E-state index contributed by atoms with van der Waals surface area (Å²) in [5.74, 6) is 0. The Morgan fingerprint density at radius 3 is 2.44 bits per heavy atom. The van der Waals surface area contributed by atoms with Crippen molar-refractivity contribution in [3.8, 4) is 0 Å². The minimum atomic E-state index is -0.976. The molecular weight excluding hydrogens is 120 g/mol. The largest absolute Gasteiger partial charge is 0.393 e. The molecule has 0 spiro atoms. The van der Waals surface area contributed by atoms with Gasteiger partial charge in [0.1, 0.15) is 0 Å². The van der Waals surface area contributed by atoms with Crippen LogP contribution in [0, 0.1) is 0 Å². The summed E-state index contributed by atoms with van der Waals surface area (Å²) in [7, 11) is 1.56. The molecule has 0 aromatic carbocycles. The van der Waals surface area contributed by atoms with E-state index in [9.17, 15) is 0 Å². The fourth-order valence-corrected chi connectivity index (χ4v) is 0.401. The van der Waals surface area contributed by atoms with Gasteiger partial charge in [0.25, 0.3) is 0 Å². The fraction of sp³-hybridized carbons (Fsp3) is 1.00. The van der Waals surface area contributed by atoms with Gasteiger partial charge < -0.3 is 14.9 Å². The Labute approximate surface area is 55.3 Å². The molecule has 56 valence electrons. The lowest BCUT2D eigenvalue weighted by Crippen LogP contribution is -2.30. The first kappa shape index (κ1) is 8.88. The number of aliphatic hydroxyl groups excluding tert-OH is 1. The van der Waals surface area contributed by atoms with Gasteiger partial charge in [-0.1, -0.05) is 0 Å². The molecule has 0 heterocycles. The van der Waals surface area contributed by atoms with E-state index in [2.05, 4.69) is 0 Å². The van der Waals surface area contributed by atoms with Crippen molar-refractivity contribution in [2.75, 3.05) is 20.3 Å². The number of hydrogen-bond acceptors (Lipinski definition) is 3. The standard InChI is InChI=1S/C6H14O3/c1-6(8,5-7)3-4-9-2/h7-8H,3-5H2,1-2H3. The lowest BCUT2D eigenvalue weighted by atomic mass is 10.1. The first-order valence-electron chi connectivity index (χ1n) is 2.94. The van der Waals surface area contributed by atoms with Crippen LogP contribution in [0.3, 0.4) is 0 Å². The van der Waals surface area contributed by atoms with Crippen LogP contribution in [0.25, 0.3) is 0 Å². The zero-order valence-corrected chi connectivity index (χ0v) is 5.92. The van der Waals surface area contributed by atoms with E-state index in [0.29, 0.717) is 13.0 Å². The predicted molar refractivity (Wildman–Crippen MR) is 34.2 cm³/mol. The summed E-state index contributed by atoms with van der Waals surface area (Å²) in [5.41, 5.74) is -0.976. The average molecular weight is 134 g/mol. The van der Waals surface area contributed by atoms with E-state index >= 15 is 0 Å². The van der Waals surface area contributed by atoms with E-state index in [1.807, 2.05) is 0 Å². The molecule has 0 aliphatic carbocycles. The summed E-state index contributed by atoms with van der Waals surface area (Å²) in [6.45, 7) is 1.84. The summed E-state index contributed by atoms with van der Waals surface area (Å²) >= 11 is 0. The van der Waals surface area contributed by atoms with E-state index in [1.165, 1.54) is 0 Å². The second-order valence-corrected chi connectivity index (χ2v) is 2.40. The molecule has 0 fully saturated rings. The maximum Gasteiger partial charge on any atom is 0.0871 e. The van der Waals surface area contributed by atoms with Crippen molar-refractivity contribution in [3.63, 3.8) is 0 Å². The van der Waals surface area contributed by atoms with Crippen LogP contribution in [-0.2, 0) is 4.74 Å². The zero-order chi connectivity index (χ0) is 7.33. The van der Waals surface area contributed by atoms with E-state index in [1.54, 1.807) is 14.0 Å². The van der Waals surface area contributed by atoms with Gasteiger partial charge >= 0.3 is 0 Å². The summed E-state index contributed by atoms with van der Waals surface area (Å²) in [6, 6.07) is 0.